The van der Waals surface area contributed by atoms with Crippen LogP contribution in [0.2, 0.25) is 0 Å². The number of rotatable bonds is 1. The Kier molecular flexibility index (Phi) is 2.62. The van der Waals surface area contributed by atoms with Crippen LogP contribution in [-0.2, 0) is 0 Å². The second-order valence-electron chi connectivity index (χ2n) is 4.05. The van der Waals surface area contributed by atoms with E-state index >= 15 is 0 Å². The quantitative estimate of drug-likeness (QED) is 0.665. The predicted molar refractivity (Wildman–Crippen MR) is 58.7 cm³/mol. The van der Waals surface area contributed by atoms with Gasteiger partial charge in [-0.25, -0.2) is 0 Å². The van der Waals surface area contributed by atoms with Crippen LogP contribution >= 0.6 is 0 Å². The maximum atomic E-state index is 4.45. The molecular weight excluding hydrogens is 172 g/mol. The maximum absolute atomic E-state index is 4.45. The van der Waals surface area contributed by atoms with Crippen LogP contribution in [0.3, 0.4) is 0 Å². The molecule has 2 heterocycles. The number of hydrogen-bond donors (Lipinski definition) is 0. The Balaban J connectivity index is 2.23. The molecule has 0 spiro atoms. The monoisotopic (exact) mass is 188 g/mol. The van der Waals surface area contributed by atoms with Gasteiger partial charge in [0.15, 0.2) is 0 Å². The number of hydrogen-bond acceptors (Lipinski definition) is 2. The van der Waals surface area contributed by atoms with E-state index in [2.05, 4.69) is 42.2 Å². The first-order chi connectivity index (χ1) is 6.79. The molecule has 0 aromatic carbocycles. The third-order valence-corrected chi connectivity index (χ3v) is 3.23. The Morgan fingerprint density at radius 2 is 1.93 bits per heavy atom. The van der Waals surface area contributed by atoms with Gasteiger partial charge in [-0.05, 0) is 49.1 Å². The lowest BCUT2D eigenvalue weighted by Gasteiger charge is -2.29. The van der Waals surface area contributed by atoms with Gasteiger partial charge in [0.05, 0.1) is 0 Å². The molecule has 3 atom stereocenters. The van der Waals surface area contributed by atoms with Gasteiger partial charge in [-0.15, -0.1) is 0 Å². The van der Waals surface area contributed by atoms with Gasteiger partial charge in [0.1, 0.15) is 0 Å². The average Bonchev–Trinajstić information content (AvgIpc) is 2.23. The molecule has 0 saturated heterocycles. The number of aromatic nitrogens is 1. The van der Waals surface area contributed by atoms with Crippen LogP contribution in [0.1, 0.15) is 31.7 Å². The molecule has 0 N–H and O–H groups in total. The summed E-state index contributed by atoms with van der Waals surface area (Å²) in [5.74, 6) is 1.24. The van der Waals surface area contributed by atoms with E-state index in [1.54, 1.807) is 0 Å². The Labute approximate surface area is 85.1 Å². The minimum Gasteiger partial charge on any atom is -0.294 e. The van der Waals surface area contributed by atoms with E-state index in [9.17, 15) is 0 Å². The molecule has 0 saturated carbocycles. The van der Waals surface area contributed by atoms with Crippen molar-refractivity contribution in [1.82, 2.24) is 4.98 Å². The molecule has 0 amide bonds. The van der Waals surface area contributed by atoms with E-state index in [1.807, 2.05) is 12.4 Å². The van der Waals surface area contributed by atoms with Crippen molar-refractivity contribution < 1.29 is 0 Å². The molecule has 0 aliphatic carbocycles. The van der Waals surface area contributed by atoms with Crippen molar-refractivity contribution in [3.8, 4) is 0 Å². The summed E-state index contributed by atoms with van der Waals surface area (Å²) in [5.41, 5.74) is 1.39. The molecule has 14 heavy (non-hydrogen) atoms. The van der Waals surface area contributed by atoms with Gasteiger partial charge in [0.25, 0.3) is 0 Å². The van der Waals surface area contributed by atoms with Crippen LogP contribution in [0.15, 0.2) is 29.5 Å². The van der Waals surface area contributed by atoms with Crippen molar-refractivity contribution in [3.05, 3.63) is 30.1 Å². The van der Waals surface area contributed by atoms with Gasteiger partial charge in [-0.3, -0.25) is 9.98 Å². The number of pyridine rings is 1. The highest BCUT2D eigenvalue weighted by atomic mass is 14.8. The van der Waals surface area contributed by atoms with E-state index in [-0.39, 0.29) is 0 Å². The largest absolute Gasteiger partial charge is 0.294 e. The number of aliphatic imine (C=N–C) groups is 1. The summed E-state index contributed by atoms with van der Waals surface area (Å²) in [6.45, 7) is 4.47. The first-order valence-electron chi connectivity index (χ1n) is 5.20. The SMILES string of the molecule is CC1N=CCC(c2ccncc2)C1C. The van der Waals surface area contributed by atoms with E-state index in [1.165, 1.54) is 5.56 Å². The fourth-order valence-electron chi connectivity index (χ4n) is 2.08. The van der Waals surface area contributed by atoms with Crippen LogP contribution in [-0.4, -0.2) is 17.2 Å². The van der Waals surface area contributed by atoms with Crippen molar-refractivity contribution in [3.63, 3.8) is 0 Å². The van der Waals surface area contributed by atoms with Crippen LogP contribution in [0.25, 0.3) is 0 Å². The number of nitrogens with zero attached hydrogens (tertiary/aromatic N) is 2. The Morgan fingerprint density at radius 1 is 1.21 bits per heavy atom. The average molecular weight is 188 g/mol. The van der Waals surface area contributed by atoms with Crippen LogP contribution < -0.4 is 0 Å². The van der Waals surface area contributed by atoms with Crippen molar-refractivity contribution in [2.24, 2.45) is 10.9 Å². The summed E-state index contributed by atoms with van der Waals surface area (Å²) in [5, 5.41) is 0. The predicted octanol–water partition coefficient (Wildman–Crippen LogP) is 2.66. The third-order valence-electron chi connectivity index (χ3n) is 3.23. The summed E-state index contributed by atoms with van der Waals surface area (Å²) >= 11 is 0. The Morgan fingerprint density at radius 3 is 2.64 bits per heavy atom. The first kappa shape index (κ1) is 9.38. The van der Waals surface area contributed by atoms with E-state index in [0.717, 1.165) is 6.42 Å². The zero-order valence-corrected chi connectivity index (χ0v) is 8.72. The molecule has 2 rings (SSSR count). The fourth-order valence-corrected chi connectivity index (χ4v) is 2.08. The highest BCUT2D eigenvalue weighted by molar-refractivity contribution is 5.60. The zero-order valence-electron chi connectivity index (χ0n) is 8.72. The zero-order chi connectivity index (χ0) is 9.97. The molecule has 0 radical (unpaired) electrons. The van der Waals surface area contributed by atoms with Gasteiger partial charge >= 0.3 is 0 Å². The van der Waals surface area contributed by atoms with Crippen LogP contribution in [0.4, 0.5) is 0 Å². The standard InChI is InChI=1S/C12H16N2/c1-9-10(2)14-8-5-12(9)11-3-6-13-7-4-11/h3-4,6-10,12H,5H2,1-2H3. The van der Waals surface area contributed by atoms with Gasteiger partial charge in [0.2, 0.25) is 0 Å². The van der Waals surface area contributed by atoms with Crippen molar-refractivity contribution in [2.75, 3.05) is 0 Å². The Bertz CT molecular complexity index is 318. The van der Waals surface area contributed by atoms with Gasteiger partial charge in [-0.2, -0.15) is 0 Å². The second-order valence-corrected chi connectivity index (χ2v) is 4.05. The lowest BCUT2D eigenvalue weighted by atomic mass is 9.80. The van der Waals surface area contributed by atoms with Gasteiger partial charge in [-0.1, -0.05) is 6.92 Å². The van der Waals surface area contributed by atoms with Crippen molar-refractivity contribution >= 4 is 6.21 Å². The van der Waals surface area contributed by atoms with Crippen molar-refractivity contribution in [2.45, 2.75) is 32.2 Å². The first-order valence-corrected chi connectivity index (χ1v) is 5.20. The summed E-state index contributed by atoms with van der Waals surface area (Å²) in [7, 11) is 0. The van der Waals surface area contributed by atoms with E-state index < -0.39 is 0 Å². The van der Waals surface area contributed by atoms with E-state index in [4.69, 9.17) is 0 Å². The highest BCUT2D eigenvalue weighted by Gasteiger charge is 2.25. The molecular formula is C12H16N2. The molecule has 1 aromatic heterocycles. The van der Waals surface area contributed by atoms with Crippen LogP contribution in [0, 0.1) is 5.92 Å². The summed E-state index contributed by atoms with van der Waals surface area (Å²) in [4.78, 5) is 8.50. The lowest BCUT2D eigenvalue weighted by molar-refractivity contribution is 0.390. The highest BCUT2D eigenvalue weighted by Crippen LogP contribution is 2.32. The molecule has 2 nitrogen and oxygen atoms in total. The van der Waals surface area contributed by atoms with E-state index in [0.29, 0.717) is 17.9 Å². The summed E-state index contributed by atoms with van der Waals surface area (Å²) in [6, 6.07) is 4.68. The normalized spacial score (nSPS) is 31.7. The molecule has 0 fully saturated rings. The minimum absolute atomic E-state index is 0.446. The molecule has 1 aromatic rings. The van der Waals surface area contributed by atoms with Crippen LogP contribution in [0.5, 0.6) is 0 Å². The van der Waals surface area contributed by atoms with Gasteiger partial charge < -0.3 is 0 Å². The molecule has 3 unspecified atom stereocenters. The second kappa shape index (κ2) is 3.91. The minimum atomic E-state index is 0.446. The lowest BCUT2D eigenvalue weighted by Crippen LogP contribution is -2.24. The molecule has 1 aliphatic heterocycles. The Hall–Kier alpha value is -1.18. The molecule has 2 heteroatoms. The fraction of sp³-hybridized carbons (Fsp3) is 0.500. The summed E-state index contributed by atoms with van der Waals surface area (Å²) < 4.78 is 0. The molecule has 1 aliphatic rings. The topological polar surface area (TPSA) is 25.2 Å². The smallest absolute Gasteiger partial charge is 0.0499 e. The summed E-state index contributed by atoms with van der Waals surface area (Å²) in [6.07, 6.45) is 6.88. The maximum Gasteiger partial charge on any atom is 0.0499 e. The third kappa shape index (κ3) is 1.69. The van der Waals surface area contributed by atoms with Crippen molar-refractivity contribution in [1.29, 1.82) is 0 Å². The molecule has 0 bridgehead atoms. The molecule has 74 valence electrons. The van der Waals surface area contributed by atoms with Gasteiger partial charge in [0, 0.05) is 18.4 Å².